The number of hydrogen-bond acceptors (Lipinski definition) is 4. The summed E-state index contributed by atoms with van der Waals surface area (Å²) < 4.78 is 39.6. The van der Waals surface area contributed by atoms with E-state index in [0.29, 0.717) is 6.42 Å². The molecule has 1 aliphatic rings. The molecule has 0 bridgehead atoms. The molecule has 1 heterocycles. The number of amides is 1. The second kappa shape index (κ2) is 5.60. The number of alkyl halides is 3. The van der Waals surface area contributed by atoms with Gasteiger partial charge in [0.05, 0.1) is 5.56 Å². The van der Waals surface area contributed by atoms with E-state index in [-0.39, 0.29) is 22.7 Å². The molecule has 1 aromatic rings. The predicted molar refractivity (Wildman–Crippen MR) is 72.2 cm³/mol. The number of phenols is 1. The third-order valence-corrected chi connectivity index (χ3v) is 3.36. The van der Waals surface area contributed by atoms with Crippen molar-refractivity contribution in [3.63, 3.8) is 0 Å². The summed E-state index contributed by atoms with van der Waals surface area (Å²) in [5, 5.41) is 23.3. The molecule has 0 unspecified atom stereocenters. The van der Waals surface area contributed by atoms with E-state index < -0.39 is 30.0 Å². The fraction of sp³-hybridized carbons (Fsp3) is 0.429. The number of carbonyl (C=O) groups is 1. The second-order valence-electron chi connectivity index (χ2n) is 5.04. The van der Waals surface area contributed by atoms with Crippen molar-refractivity contribution in [2.24, 2.45) is 5.10 Å². The molecule has 0 fully saturated rings. The van der Waals surface area contributed by atoms with Gasteiger partial charge < -0.3 is 10.2 Å². The number of rotatable bonds is 3. The van der Waals surface area contributed by atoms with Crippen LogP contribution in [0.25, 0.3) is 0 Å². The van der Waals surface area contributed by atoms with Crippen LogP contribution in [0.1, 0.15) is 36.5 Å². The van der Waals surface area contributed by atoms with Gasteiger partial charge in [0.15, 0.2) is 0 Å². The van der Waals surface area contributed by atoms with Crippen LogP contribution in [-0.4, -0.2) is 38.7 Å². The van der Waals surface area contributed by atoms with Crippen molar-refractivity contribution in [2.75, 3.05) is 0 Å². The van der Waals surface area contributed by atoms with Gasteiger partial charge in [-0.1, -0.05) is 25.5 Å². The minimum atomic E-state index is -5.06. The molecule has 8 heteroatoms. The van der Waals surface area contributed by atoms with Crippen LogP contribution >= 0.6 is 0 Å². The summed E-state index contributed by atoms with van der Waals surface area (Å²) in [4.78, 5) is 12.3. The Morgan fingerprint density at radius 3 is 2.59 bits per heavy atom. The number of hydrazone groups is 1. The number of hydrogen-bond donors (Lipinski definition) is 2. The maximum Gasteiger partial charge on any atom is 0.438 e. The maximum absolute atomic E-state index is 13.2. The molecule has 0 aliphatic carbocycles. The summed E-state index contributed by atoms with van der Waals surface area (Å²) in [5.41, 5.74) is -3.66. The van der Waals surface area contributed by atoms with Gasteiger partial charge in [0.25, 0.3) is 11.6 Å². The van der Waals surface area contributed by atoms with E-state index in [0.717, 1.165) is 0 Å². The number of nitrogens with zero attached hydrogens (tertiary/aromatic N) is 2. The van der Waals surface area contributed by atoms with E-state index in [1.165, 1.54) is 24.3 Å². The van der Waals surface area contributed by atoms with Crippen molar-refractivity contribution in [1.82, 2.24) is 5.01 Å². The highest BCUT2D eigenvalue weighted by Gasteiger charge is 2.63. The van der Waals surface area contributed by atoms with E-state index in [2.05, 4.69) is 5.10 Å². The predicted octanol–water partition coefficient (Wildman–Crippen LogP) is 2.65. The zero-order valence-electron chi connectivity index (χ0n) is 11.8. The van der Waals surface area contributed by atoms with E-state index in [4.69, 9.17) is 0 Å². The quantitative estimate of drug-likeness (QED) is 0.900. The average molecular weight is 316 g/mol. The Bertz CT molecular complexity index is 616. The lowest BCUT2D eigenvalue weighted by atomic mass is 10.0. The lowest BCUT2D eigenvalue weighted by molar-refractivity contribution is -0.297. The Labute approximate surface area is 124 Å². The fourth-order valence-corrected chi connectivity index (χ4v) is 2.25. The summed E-state index contributed by atoms with van der Waals surface area (Å²) >= 11 is 0. The van der Waals surface area contributed by atoms with Crippen LogP contribution in [0.4, 0.5) is 13.2 Å². The summed E-state index contributed by atoms with van der Waals surface area (Å²) in [7, 11) is 0. The van der Waals surface area contributed by atoms with Crippen molar-refractivity contribution >= 4 is 11.6 Å². The minimum absolute atomic E-state index is 0.0209. The third kappa shape index (κ3) is 2.66. The number of carbonyl (C=O) groups excluding carboxylic acids is 1. The van der Waals surface area contributed by atoms with Crippen molar-refractivity contribution < 1.29 is 28.2 Å². The molecule has 120 valence electrons. The van der Waals surface area contributed by atoms with Gasteiger partial charge in [-0.3, -0.25) is 4.79 Å². The molecule has 2 N–H and O–H groups in total. The Balaban J connectivity index is 2.44. The standard InChI is InChI=1S/C14H15F3N2O3/c1-2-5-9-8-13(22,14(15,16)17)19(18-9)12(21)10-6-3-4-7-11(10)20/h3-4,6-7,20,22H,2,5,8H2,1H3/t13-/m0/s1. The number of phenolic OH excluding ortho intramolecular Hbond substituents is 1. The normalized spacial score (nSPS) is 21.9. The molecule has 0 spiro atoms. The van der Waals surface area contributed by atoms with Gasteiger partial charge in [0, 0.05) is 12.1 Å². The number of benzene rings is 1. The average Bonchev–Trinajstić information content (AvgIpc) is 2.77. The van der Waals surface area contributed by atoms with Gasteiger partial charge in [-0.2, -0.15) is 23.3 Å². The second-order valence-corrected chi connectivity index (χ2v) is 5.04. The first-order valence-corrected chi connectivity index (χ1v) is 6.68. The van der Waals surface area contributed by atoms with Crippen LogP contribution in [0.2, 0.25) is 0 Å². The maximum atomic E-state index is 13.2. The van der Waals surface area contributed by atoms with Gasteiger partial charge in [0.2, 0.25) is 0 Å². The Morgan fingerprint density at radius 2 is 2.05 bits per heavy atom. The van der Waals surface area contributed by atoms with Gasteiger partial charge in [-0.05, 0) is 18.6 Å². The molecule has 0 aromatic heterocycles. The fourth-order valence-electron chi connectivity index (χ4n) is 2.25. The zero-order chi connectivity index (χ0) is 16.5. The number of aromatic hydroxyl groups is 1. The van der Waals surface area contributed by atoms with Crippen LogP contribution in [0.15, 0.2) is 29.4 Å². The Morgan fingerprint density at radius 1 is 1.41 bits per heavy atom. The minimum Gasteiger partial charge on any atom is -0.507 e. The van der Waals surface area contributed by atoms with E-state index >= 15 is 0 Å². The largest absolute Gasteiger partial charge is 0.507 e. The Kier molecular flexibility index (Phi) is 4.15. The van der Waals surface area contributed by atoms with E-state index in [1.807, 2.05) is 0 Å². The van der Waals surface area contributed by atoms with Crippen LogP contribution < -0.4 is 0 Å². The van der Waals surface area contributed by atoms with E-state index in [9.17, 15) is 28.2 Å². The first-order chi connectivity index (χ1) is 10.2. The van der Waals surface area contributed by atoms with Crippen molar-refractivity contribution in [3.05, 3.63) is 29.8 Å². The zero-order valence-corrected chi connectivity index (χ0v) is 11.8. The number of aliphatic hydroxyl groups is 1. The summed E-state index contributed by atoms with van der Waals surface area (Å²) in [6, 6.07) is 5.17. The molecule has 2 rings (SSSR count). The molecule has 1 amide bonds. The highest BCUT2D eigenvalue weighted by atomic mass is 19.4. The summed E-state index contributed by atoms with van der Waals surface area (Å²) in [6.07, 6.45) is -5.08. The van der Waals surface area contributed by atoms with Gasteiger partial charge >= 0.3 is 6.18 Å². The summed E-state index contributed by atoms with van der Waals surface area (Å²) in [5.74, 6) is -1.68. The third-order valence-electron chi connectivity index (χ3n) is 3.36. The molecule has 0 saturated heterocycles. The SMILES string of the molecule is CCCC1=NN(C(=O)c2ccccc2O)[C@@](O)(C(F)(F)F)C1. The molecule has 22 heavy (non-hydrogen) atoms. The van der Waals surface area contributed by atoms with Crippen LogP contribution in [0.3, 0.4) is 0 Å². The first-order valence-electron chi connectivity index (χ1n) is 6.68. The Hall–Kier alpha value is -2.09. The van der Waals surface area contributed by atoms with Gasteiger partial charge in [0.1, 0.15) is 5.75 Å². The van der Waals surface area contributed by atoms with Crippen molar-refractivity contribution in [1.29, 1.82) is 0 Å². The van der Waals surface area contributed by atoms with E-state index in [1.54, 1.807) is 6.92 Å². The molecule has 0 saturated carbocycles. The summed E-state index contributed by atoms with van der Waals surface area (Å²) in [6.45, 7) is 1.75. The van der Waals surface area contributed by atoms with Gasteiger partial charge in [-0.15, -0.1) is 0 Å². The van der Waals surface area contributed by atoms with Crippen LogP contribution in [0, 0.1) is 0 Å². The molecular weight excluding hydrogens is 301 g/mol. The number of halogens is 3. The first kappa shape index (κ1) is 16.3. The molecule has 0 radical (unpaired) electrons. The van der Waals surface area contributed by atoms with Gasteiger partial charge in [-0.25, -0.2) is 0 Å². The number of para-hydroxylation sites is 1. The van der Waals surface area contributed by atoms with Crippen molar-refractivity contribution in [3.8, 4) is 5.75 Å². The molecule has 1 aliphatic heterocycles. The topological polar surface area (TPSA) is 73.1 Å². The molecule has 1 atom stereocenters. The molecule has 1 aromatic carbocycles. The lowest BCUT2D eigenvalue weighted by Crippen LogP contribution is -2.56. The lowest BCUT2D eigenvalue weighted by Gasteiger charge is -2.32. The highest BCUT2D eigenvalue weighted by Crippen LogP contribution is 2.42. The smallest absolute Gasteiger partial charge is 0.438 e. The van der Waals surface area contributed by atoms with Crippen molar-refractivity contribution in [2.45, 2.75) is 38.1 Å². The monoisotopic (exact) mass is 316 g/mol. The highest BCUT2D eigenvalue weighted by molar-refractivity contribution is 6.00. The van der Waals surface area contributed by atoms with Crippen LogP contribution in [-0.2, 0) is 0 Å². The molecular formula is C14H15F3N2O3. The molecule has 5 nitrogen and oxygen atoms in total. The van der Waals surface area contributed by atoms with Crippen LogP contribution in [0.5, 0.6) is 5.75 Å².